The maximum Gasteiger partial charge on any atom is 0.408 e. The van der Waals surface area contributed by atoms with Gasteiger partial charge in [0.1, 0.15) is 17.0 Å². The fourth-order valence-electron chi connectivity index (χ4n) is 7.50. The van der Waals surface area contributed by atoms with Crippen LogP contribution in [-0.2, 0) is 6.54 Å². The number of aryl methyl sites for hydroxylation is 1. The lowest BCUT2D eigenvalue weighted by molar-refractivity contribution is 0.0503. The van der Waals surface area contributed by atoms with Crippen molar-refractivity contribution >= 4 is 34.0 Å². The summed E-state index contributed by atoms with van der Waals surface area (Å²) in [5.74, 6) is 2.01. The van der Waals surface area contributed by atoms with Crippen LogP contribution in [0.25, 0.3) is 33.5 Å². The van der Waals surface area contributed by atoms with Gasteiger partial charge < -0.3 is 23.7 Å². The molecule has 3 aromatic heterocycles. The number of nitrogens with zero attached hydrogens (tertiary/aromatic N) is 4. The molecule has 42 heavy (non-hydrogen) atoms. The Labute approximate surface area is 245 Å². The molecule has 0 spiro atoms. The zero-order valence-electron chi connectivity index (χ0n) is 24.9. The number of carbonyl (C=O) groups is 2. The van der Waals surface area contributed by atoms with Crippen molar-refractivity contribution in [3.63, 3.8) is 0 Å². The summed E-state index contributed by atoms with van der Waals surface area (Å²) < 4.78 is 14.7. The minimum Gasteiger partial charge on any atom is -0.496 e. The lowest BCUT2D eigenvalue weighted by atomic mass is 9.98. The Bertz CT molecular complexity index is 1730. The quantitative estimate of drug-likeness (QED) is 0.282. The van der Waals surface area contributed by atoms with E-state index in [0.717, 1.165) is 52.8 Å². The minimum absolute atomic E-state index is 0.116. The van der Waals surface area contributed by atoms with Gasteiger partial charge >= 0.3 is 6.09 Å². The van der Waals surface area contributed by atoms with Crippen LogP contribution < -0.4 is 4.74 Å². The van der Waals surface area contributed by atoms with Crippen LogP contribution in [0.15, 0.2) is 40.9 Å². The molecule has 3 fully saturated rings. The molecule has 9 heteroatoms. The van der Waals surface area contributed by atoms with Crippen molar-refractivity contribution in [3.8, 4) is 17.2 Å². The highest BCUT2D eigenvalue weighted by molar-refractivity contribution is 6.02. The lowest BCUT2D eigenvalue weighted by Crippen LogP contribution is -2.55. The molecule has 2 aliphatic carbocycles. The van der Waals surface area contributed by atoms with E-state index in [1.807, 2.05) is 50.9 Å². The smallest absolute Gasteiger partial charge is 0.408 e. The van der Waals surface area contributed by atoms with E-state index in [1.54, 1.807) is 18.1 Å². The number of methoxy groups -OCH3 is 1. The maximum absolute atomic E-state index is 14.0. The van der Waals surface area contributed by atoms with Gasteiger partial charge in [-0.1, -0.05) is 0 Å². The van der Waals surface area contributed by atoms with Gasteiger partial charge in [-0.15, -0.1) is 0 Å². The van der Waals surface area contributed by atoms with Crippen LogP contribution in [0.4, 0.5) is 4.79 Å². The summed E-state index contributed by atoms with van der Waals surface area (Å²) in [6.07, 6.45) is 5.06. The number of furan rings is 1. The summed E-state index contributed by atoms with van der Waals surface area (Å²) in [5, 5.41) is 12.0. The van der Waals surface area contributed by atoms with Gasteiger partial charge in [0.25, 0.3) is 5.91 Å². The van der Waals surface area contributed by atoms with Gasteiger partial charge in [-0.25, -0.2) is 9.78 Å². The molecule has 3 aliphatic rings. The first kappa shape index (κ1) is 26.9. The third kappa shape index (κ3) is 4.15. The number of rotatable bonds is 6. The topological polar surface area (TPSA) is 101 Å². The normalized spacial score (nSPS) is 21.9. The zero-order chi connectivity index (χ0) is 29.5. The molecule has 2 amide bonds. The number of carboxylic acid groups (broad SMARTS) is 1. The third-order valence-electron chi connectivity index (χ3n) is 9.52. The van der Waals surface area contributed by atoms with E-state index in [2.05, 4.69) is 21.7 Å². The van der Waals surface area contributed by atoms with Crippen LogP contribution in [0, 0.1) is 18.8 Å². The standard InChI is InChI=1S/C33H38N4O5/c1-18-27-25(41-5)14-22(31(38)36-17-21-10-11-23(36)28(21)37(32(39)40)33(2,3)4)15-26(27)42-29(18)24-13-20-7-6-12-34-30(20)35(24)16-19-8-9-19/h6-7,12-15,19,21,23,28H,8-11,16-17H2,1-5H3,(H,39,40)/t21?,23?,28-/m1/s1. The molecule has 1 aliphatic heterocycles. The number of hydrogen-bond donors (Lipinski definition) is 1. The second kappa shape index (κ2) is 9.51. The molecule has 1 aromatic carbocycles. The molecule has 1 N–H and O–H groups in total. The number of carbonyl (C=O) groups excluding carboxylic acids is 1. The number of likely N-dealkylation sites (tertiary alicyclic amines) is 1. The first-order valence-corrected chi connectivity index (χ1v) is 15.0. The lowest BCUT2D eigenvalue weighted by Gasteiger charge is -2.40. The predicted octanol–water partition coefficient (Wildman–Crippen LogP) is 6.56. The minimum atomic E-state index is -0.935. The Morgan fingerprint density at radius 1 is 1.17 bits per heavy atom. The van der Waals surface area contributed by atoms with Crippen molar-refractivity contribution in [1.29, 1.82) is 0 Å². The highest BCUT2D eigenvalue weighted by Gasteiger charge is 2.54. The first-order valence-electron chi connectivity index (χ1n) is 15.0. The molecule has 7 rings (SSSR count). The van der Waals surface area contributed by atoms with Crippen molar-refractivity contribution in [2.45, 2.75) is 77.5 Å². The van der Waals surface area contributed by atoms with Gasteiger partial charge in [0, 0.05) is 41.3 Å². The number of fused-ring (bicyclic) bond motifs is 4. The fraction of sp³-hybridized carbons (Fsp3) is 0.485. The second-order valence-electron chi connectivity index (χ2n) is 13.3. The van der Waals surface area contributed by atoms with Gasteiger partial charge in [-0.05, 0) is 95.5 Å². The van der Waals surface area contributed by atoms with Crippen LogP contribution in [0.5, 0.6) is 5.75 Å². The summed E-state index contributed by atoms with van der Waals surface area (Å²) in [6.45, 7) is 9.23. The monoisotopic (exact) mass is 570 g/mol. The van der Waals surface area contributed by atoms with E-state index >= 15 is 0 Å². The van der Waals surface area contributed by atoms with Crippen molar-refractivity contribution in [2.75, 3.05) is 13.7 Å². The number of hydrogen-bond acceptors (Lipinski definition) is 5. The molecule has 0 radical (unpaired) electrons. The van der Waals surface area contributed by atoms with E-state index in [4.69, 9.17) is 9.15 Å². The predicted molar refractivity (Wildman–Crippen MR) is 160 cm³/mol. The molecule has 220 valence electrons. The summed E-state index contributed by atoms with van der Waals surface area (Å²) in [4.78, 5) is 34.5. The van der Waals surface area contributed by atoms with Crippen molar-refractivity contribution in [1.82, 2.24) is 19.4 Å². The number of aromatic nitrogens is 2. The Balaban J connectivity index is 1.27. The van der Waals surface area contributed by atoms with Gasteiger partial charge in [0.2, 0.25) is 0 Å². The molecule has 4 heterocycles. The van der Waals surface area contributed by atoms with Gasteiger partial charge in [-0.3, -0.25) is 9.69 Å². The first-order chi connectivity index (χ1) is 20.1. The van der Waals surface area contributed by atoms with Crippen LogP contribution in [0.1, 0.15) is 62.4 Å². The van der Waals surface area contributed by atoms with E-state index in [-0.39, 0.29) is 23.9 Å². The number of piperidine rings is 1. The molecule has 2 bridgehead atoms. The maximum atomic E-state index is 14.0. The van der Waals surface area contributed by atoms with Crippen LogP contribution in [-0.4, -0.2) is 67.7 Å². The van der Waals surface area contributed by atoms with E-state index < -0.39 is 11.6 Å². The molecular weight excluding hydrogens is 532 g/mol. The number of benzene rings is 1. The zero-order valence-corrected chi connectivity index (χ0v) is 24.9. The Kier molecular flexibility index (Phi) is 6.08. The van der Waals surface area contributed by atoms with E-state index in [0.29, 0.717) is 29.4 Å². The number of pyridine rings is 1. The summed E-state index contributed by atoms with van der Waals surface area (Å²) in [5.41, 5.74) is 3.43. The Morgan fingerprint density at radius 2 is 1.95 bits per heavy atom. The Morgan fingerprint density at radius 3 is 2.64 bits per heavy atom. The van der Waals surface area contributed by atoms with E-state index in [9.17, 15) is 14.7 Å². The molecule has 2 saturated carbocycles. The van der Waals surface area contributed by atoms with Crippen LogP contribution >= 0.6 is 0 Å². The number of amides is 2. The van der Waals surface area contributed by atoms with Crippen molar-refractivity contribution < 1.29 is 23.8 Å². The van der Waals surface area contributed by atoms with E-state index in [1.165, 1.54) is 12.8 Å². The highest BCUT2D eigenvalue weighted by Crippen LogP contribution is 2.45. The molecular formula is C33H38N4O5. The van der Waals surface area contributed by atoms with Gasteiger partial charge in [-0.2, -0.15) is 0 Å². The molecule has 4 aromatic rings. The number of ether oxygens (including phenoxy) is 1. The largest absolute Gasteiger partial charge is 0.496 e. The Hall–Kier alpha value is -4.01. The summed E-state index contributed by atoms with van der Waals surface area (Å²) in [7, 11) is 1.62. The highest BCUT2D eigenvalue weighted by atomic mass is 16.5. The fourth-order valence-corrected chi connectivity index (χ4v) is 7.50. The molecule has 9 nitrogen and oxygen atoms in total. The SMILES string of the molecule is COc1cc(C(=O)N2CC3CCC2[C@@H]3N(C(=O)O)C(C)(C)C)cc2oc(-c3cc4cccnc4n3CC3CC3)c(C)c12. The molecule has 3 atom stereocenters. The summed E-state index contributed by atoms with van der Waals surface area (Å²) in [6, 6.07) is 9.42. The van der Waals surface area contributed by atoms with Crippen LogP contribution in [0.2, 0.25) is 0 Å². The van der Waals surface area contributed by atoms with Crippen molar-refractivity contribution in [3.05, 3.63) is 47.7 Å². The summed E-state index contributed by atoms with van der Waals surface area (Å²) >= 11 is 0. The van der Waals surface area contributed by atoms with Gasteiger partial charge in [0.05, 0.1) is 30.3 Å². The third-order valence-corrected chi connectivity index (χ3v) is 9.52. The second-order valence-corrected chi connectivity index (χ2v) is 13.3. The molecule has 1 saturated heterocycles. The van der Waals surface area contributed by atoms with Crippen LogP contribution in [0.3, 0.4) is 0 Å². The average molecular weight is 571 g/mol. The van der Waals surface area contributed by atoms with Gasteiger partial charge in [0.15, 0.2) is 5.76 Å². The molecule has 2 unspecified atom stereocenters. The van der Waals surface area contributed by atoms with Crippen molar-refractivity contribution in [2.24, 2.45) is 11.8 Å². The average Bonchev–Trinajstić information content (AvgIpc) is 3.27.